The van der Waals surface area contributed by atoms with Crippen molar-refractivity contribution in [3.05, 3.63) is 41.8 Å². The molecular formula is C31H58KOSi-. The Kier molecular flexibility index (Phi) is 15.0. The van der Waals surface area contributed by atoms with Crippen LogP contribution in [0.25, 0.3) is 0 Å². The van der Waals surface area contributed by atoms with Crippen molar-refractivity contribution in [1.29, 1.82) is 0 Å². The van der Waals surface area contributed by atoms with Crippen molar-refractivity contribution in [3.63, 3.8) is 0 Å². The summed E-state index contributed by atoms with van der Waals surface area (Å²) in [5, 5.41) is 0. The van der Waals surface area contributed by atoms with E-state index < -0.39 is 8.07 Å². The molecule has 0 aliphatic heterocycles. The molecule has 0 amide bonds. The van der Waals surface area contributed by atoms with Gasteiger partial charge < -0.3 is 10.7 Å². The van der Waals surface area contributed by atoms with Gasteiger partial charge >= 0.3 is 51.4 Å². The summed E-state index contributed by atoms with van der Waals surface area (Å²) in [6.45, 7) is 39.9. The molecule has 0 aliphatic carbocycles. The van der Waals surface area contributed by atoms with Gasteiger partial charge in [-0.25, -0.2) is 0 Å². The zero-order chi connectivity index (χ0) is 26.5. The second-order valence-corrected chi connectivity index (χ2v) is 20.1. The SMILES string of the molecule is C[C-](C)C(C)(C)C(C)(C)C(C)(C)C(C)(C)C(C)(C)C.C[Si](C)(C)CCOCc1[c-]cccc1.[K+]. The Hall–Kier alpha value is 1.03. The van der Waals surface area contributed by atoms with E-state index in [9.17, 15) is 0 Å². The van der Waals surface area contributed by atoms with Gasteiger partial charge in [-0.15, -0.1) is 5.56 Å². The van der Waals surface area contributed by atoms with Crippen molar-refractivity contribution in [1.82, 2.24) is 0 Å². The maximum absolute atomic E-state index is 5.60. The number of rotatable bonds is 9. The summed E-state index contributed by atoms with van der Waals surface area (Å²) < 4.78 is 5.60. The summed E-state index contributed by atoms with van der Waals surface area (Å²) in [7, 11) is -0.931. The maximum Gasteiger partial charge on any atom is 1.00 e. The van der Waals surface area contributed by atoms with E-state index in [0.29, 0.717) is 6.61 Å². The van der Waals surface area contributed by atoms with Crippen molar-refractivity contribution < 1.29 is 56.1 Å². The van der Waals surface area contributed by atoms with E-state index in [4.69, 9.17) is 4.74 Å². The topological polar surface area (TPSA) is 9.23 Å². The molecule has 1 aromatic rings. The van der Waals surface area contributed by atoms with Crippen LogP contribution in [0.4, 0.5) is 0 Å². The van der Waals surface area contributed by atoms with Crippen LogP contribution in [0.15, 0.2) is 24.3 Å². The second kappa shape index (κ2) is 13.7. The molecule has 0 N–H and O–H groups in total. The average molecular weight is 514 g/mol. The van der Waals surface area contributed by atoms with Crippen LogP contribution in [0.3, 0.4) is 0 Å². The molecular weight excluding hydrogens is 456 g/mol. The fourth-order valence-electron chi connectivity index (χ4n) is 4.21. The van der Waals surface area contributed by atoms with Crippen LogP contribution < -0.4 is 51.4 Å². The zero-order valence-corrected chi connectivity index (χ0v) is 30.5. The smallest absolute Gasteiger partial charge is 0.379 e. The minimum Gasteiger partial charge on any atom is -0.379 e. The average Bonchev–Trinajstić information content (AvgIpc) is 2.64. The number of hydrogen-bond acceptors (Lipinski definition) is 1. The van der Waals surface area contributed by atoms with Crippen LogP contribution in [0.5, 0.6) is 0 Å². The van der Waals surface area contributed by atoms with Gasteiger partial charge in [-0.05, 0) is 22.3 Å². The molecule has 1 aromatic carbocycles. The number of benzene rings is 1. The van der Waals surface area contributed by atoms with Gasteiger partial charge in [0.1, 0.15) is 0 Å². The van der Waals surface area contributed by atoms with Gasteiger partial charge in [0.25, 0.3) is 0 Å². The molecule has 1 nitrogen and oxygen atoms in total. The molecule has 0 spiro atoms. The Bertz CT molecular complexity index is 688. The minimum absolute atomic E-state index is 0. The summed E-state index contributed by atoms with van der Waals surface area (Å²) in [6, 6.07) is 12.4. The molecule has 0 heterocycles. The molecule has 0 atom stereocenters. The molecule has 0 aromatic heterocycles. The Morgan fingerprint density at radius 3 is 1.65 bits per heavy atom. The summed E-state index contributed by atoms with van der Waals surface area (Å²) in [4.78, 5) is 0. The van der Waals surface area contributed by atoms with Crippen LogP contribution >= 0.6 is 0 Å². The largest absolute Gasteiger partial charge is 1.00 e. The van der Waals surface area contributed by atoms with Crippen LogP contribution in [-0.4, -0.2) is 14.7 Å². The van der Waals surface area contributed by atoms with Gasteiger partial charge in [-0.1, -0.05) is 101 Å². The summed E-state index contributed by atoms with van der Waals surface area (Å²) in [6.07, 6.45) is 0. The van der Waals surface area contributed by atoms with Crippen LogP contribution in [0, 0.1) is 39.1 Å². The van der Waals surface area contributed by atoms with E-state index in [1.54, 1.807) is 0 Å². The third kappa shape index (κ3) is 9.73. The number of hydrogen-bond donors (Lipinski definition) is 0. The quantitative estimate of drug-likeness (QED) is 0.194. The van der Waals surface area contributed by atoms with Crippen LogP contribution in [0.2, 0.25) is 25.7 Å². The maximum atomic E-state index is 5.60. The monoisotopic (exact) mass is 513 g/mol. The Labute approximate surface area is 259 Å². The molecule has 1 rings (SSSR count). The van der Waals surface area contributed by atoms with Crippen molar-refractivity contribution in [2.24, 2.45) is 27.1 Å². The van der Waals surface area contributed by atoms with E-state index >= 15 is 0 Å². The van der Waals surface area contributed by atoms with Crippen LogP contribution in [-0.2, 0) is 11.3 Å². The molecule has 0 saturated heterocycles. The Balaban J connectivity index is 0. The molecule has 3 heteroatoms. The molecule has 0 fully saturated rings. The van der Waals surface area contributed by atoms with Crippen molar-refractivity contribution in [2.75, 3.05) is 6.61 Å². The Morgan fingerprint density at radius 2 is 1.29 bits per heavy atom. The summed E-state index contributed by atoms with van der Waals surface area (Å²) >= 11 is 0. The summed E-state index contributed by atoms with van der Waals surface area (Å²) in [5.74, 6) is 1.52. The van der Waals surface area contributed by atoms with E-state index in [1.807, 2.05) is 18.2 Å². The first kappa shape index (κ1) is 37.2. The zero-order valence-electron chi connectivity index (χ0n) is 26.3. The first-order chi connectivity index (χ1) is 14.5. The van der Waals surface area contributed by atoms with Crippen molar-refractivity contribution in [2.45, 2.75) is 122 Å². The standard InChI is InChI=1S/C19H39.C12H19OSi.K/c1-14(2)16(6,7)18(10,11)19(12,13)17(8,9)15(3,4)5;1-14(2,3)10-9-13-11-12-7-5-4-6-8-12;/h1-13H3;4-7H,9-11H2,1-3H3;/q2*-1;+1. The minimum atomic E-state index is -0.931. The van der Waals surface area contributed by atoms with Gasteiger partial charge in [0.15, 0.2) is 0 Å². The van der Waals surface area contributed by atoms with Gasteiger partial charge in [0, 0.05) is 21.3 Å². The molecule has 0 radical (unpaired) electrons. The molecule has 0 unspecified atom stereocenters. The van der Waals surface area contributed by atoms with E-state index in [1.165, 1.54) is 12.0 Å². The summed E-state index contributed by atoms with van der Waals surface area (Å²) in [5.41, 5.74) is 2.33. The predicted molar refractivity (Wildman–Crippen MR) is 152 cm³/mol. The molecule has 0 aliphatic rings. The predicted octanol–water partition coefficient (Wildman–Crippen LogP) is 7.10. The molecule has 0 bridgehead atoms. The van der Waals surface area contributed by atoms with Crippen LogP contribution in [0.1, 0.15) is 95.6 Å². The Morgan fingerprint density at radius 1 is 0.794 bits per heavy atom. The first-order valence-corrected chi connectivity index (χ1v) is 16.6. The fourth-order valence-corrected chi connectivity index (χ4v) is 4.96. The van der Waals surface area contributed by atoms with Gasteiger partial charge in [-0.2, -0.15) is 49.6 Å². The second-order valence-electron chi connectivity index (χ2n) is 14.5. The molecule has 0 saturated carbocycles. The van der Waals surface area contributed by atoms with E-state index in [2.05, 4.69) is 122 Å². The molecule has 34 heavy (non-hydrogen) atoms. The van der Waals surface area contributed by atoms with Gasteiger partial charge in [-0.3, -0.25) is 0 Å². The number of ether oxygens (including phenoxy) is 1. The fraction of sp³-hybridized carbons (Fsp3) is 0.774. The van der Waals surface area contributed by atoms with Crippen molar-refractivity contribution >= 4 is 8.07 Å². The third-order valence-electron chi connectivity index (χ3n) is 9.84. The molecule has 194 valence electrons. The van der Waals surface area contributed by atoms with Gasteiger partial charge in [0.2, 0.25) is 0 Å². The first-order valence-electron chi connectivity index (χ1n) is 12.9. The van der Waals surface area contributed by atoms with Gasteiger partial charge in [0.05, 0.1) is 0 Å². The van der Waals surface area contributed by atoms with E-state index in [0.717, 1.165) is 12.2 Å². The van der Waals surface area contributed by atoms with Crippen molar-refractivity contribution in [3.8, 4) is 0 Å². The normalized spacial score (nSPS) is 13.8. The van der Waals surface area contributed by atoms with E-state index in [-0.39, 0.29) is 78.5 Å². The third-order valence-corrected chi connectivity index (χ3v) is 11.5.